The summed E-state index contributed by atoms with van der Waals surface area (Å²) in [6.07, 6.45) is 1.80. The molecule has 0 saturated heterocycles. The molecule has 2 aromatic rings. The second kappa shape index (κ2) is 7.01. The average Bonchev–Trinajstić information content (AvgIpc) is 2.94. The van der Waals surface area contributed by atoms with E-state index in [0.717, 1.165) is 10.4 Å². The maximum atomic E-state index is 12.0. The minimum Gasteiger partial charge on any atom is -0.465 e. The summed E-state index contributed by atoms with van der Waals surface area (Å²) in [5.41, 5.74) is 2.68. The minimum absolute atomic E-state index is 0.252. The zero-order chi connectivity index (χ0) is 13.5. The summed E-state index contributed by atoms with van der Waals surface area (Å²) in [4.78, 5) is 17.1. The first-order valence-corrected chi connectivity index (χ1v) is 7.01. The maximum absolute atomic E-state index is 12.0. The fourth-order valence-electron chi connectivity index (χ4n) is 1.74. The summed E-state index contributed by atoms with van der Waals surface area (Å²) in [5.74, 6) is -0.252. The summed E-state index contributed by atoms with van der Waals surface area (Å²) < 4.78 is 5.11. The monoisotopic (exact) mass is 276 g/mol. The number of hydrogen-bond acceptors (Lipinski definition) is 5. The molecule has 100 valence electrons. The van der Waals surface area contributed by atoms with Crippen molar-refractivity contribution in [2.75, 3.05) is 6.61 Å². The topological polar surface area (TPSA) is 51.2 Å². The van der Waals surface area contributed by atoms with E-state index in [1.165, 1.54) is 0 Å². The minimum atomic E-state index is -0.441. The van der Waals surface area contributed by atoms with Crippen molar-refractivity contribution in [2.24, 2.45) is 0 Å². The number of rotatable bonds is 6. The predicted molar refractivity (Wildman–Crippen MR) is 74.8 cm³/mol. The van der Waals surface area contributed by atoms with E-state index in [0.29, 0.717) is 13.2 Å². The number of hydrogen-bond donors (Lipinski definition) is 1. The lowest BCUT2D eigenvalue weighted by molar-refractivity contribution is -0.145. The average molecular weight is 276 g/mol. The molecule has 1 unspecified atom stereocenters. The van der Waals surface area contributed by atoms with Gasteiger partial charge in [-0.1, -0.05) is 30.3 Å². The van der Waals surface area contributed by atoms with Crippen molar-refractivity contribution in [3.05, 3.63) is 52.5 Å². The van der Waals surface area contributed by atoms with Gasteiger partial charge in [-0.05, 0) is 12.5 Å². The Balaban J connectivity index is 2.08. The van der Waals surface area contributed by atoms with Gasteiger partial charge in [0.25, 0.3) is 0 Å². The van der Waals surface area contributed by atoms with Crippen LogP contribution in [0.2, 0.25) is 0 Å². The quantitative estimate of drug-likeness (QED) is 0.824. The van der Waals surface area contributed by atoms with Gasteiger partial charge in [-0.3, -0.25) is 10.3 Å². The number of carbonyl (C=O) groups is 1. The summed E-state index contributed by atoms with van der Waals surface area (Å²) in [6, 6.07) is 9.15. The van der Waals surface area contributed by atoms with E-state index < -0.39 is 6.04 Å². The van der Waals surface area contributed by atoms with Crippen LogP contribution < -0.4 is 5.32 Å². The third kappa shape index (κ3) is 3.87. The predicted octanol–water partition coefficient (Wildman–Crippen LogP) is 2.54. The van der Waals surface area contributed by atoms with Gasteiger partial charge in [0.1, 0.15) is 6.04 Å². The third-order valence-electron chi connectivity index (χ3n) is 2.62. The highest BCUT2D eigenvalue weighted by molar-refractivity contribution is 7.09. The highest BCUT2D eigenvalue weighted by Gasteiger charge is 2.21. The molecule has 0 radical (unpaired) electrons. The van der Waals surface area contributed by atoms with Gasteiger partial charge in [0.15, 0.2) is 0 Å². The molecule has 1 aromatic heterocycles. The number of ether oxygens (including phenoxy) is 1. The number of thiazole rings is 1. The number of carbonyl (C=O) groups excluding carboxylic acids is 1. The van der Waals surface area contributed by atoms with Crippen molar-refractivity contribution in [2.45, 2.75) is 19.5 Å². The van der Waals surface area contributed by atoms with Crippen LogP contribution in [0.3, 0.4) is 0 Å². The molecular weight excluding hydrogens is 260 g/mol. The number of nitrogens with zero attached hydrogens (tertiary/aromatic N) is 1. The molecule has 0 aliphatic heterocycles. The molecule has 0 aliphatic carbocycles. The molecule has 1 atom stereocenters. The van der Waals surface area contributed by atoms with Gasteiger partial charge in [-0.15, -0.1) is 11.3 Å². The van der Waals surface area contributed by atoms with Crippen LogP contribution in [-0.2, 0) is 16.1 Å². The fourth-order valence-corrected chi connectivity index (χ4v) is 2.29. The van der Waals surface area contributed by atoms with Gasteiger partial charge in [0.05, 0.1) is 12.1 Å². The van der Waals surface area contributed by atoms with Gasteiger partial charge >= 0.3 is 5.97 Å². The zero-order valence-corrected chi connectivity index (χ0v) is 11.5. The van der Waals surface area contributed by atoms with Crippen molar-refractivity contribution >= 4 is 17.3 Å². The first-order valence-electron chi connectivity index (χ1n) is 6.13. The van der Waals surface area contributed by atoms with E-state index in [1.54, 1.807) is 23.0 Å². The van der Waals surface area contributed by atoms with Crippen LogP contribution in [0.15, 0.2) is 42.0 Å². The van der Waals surface area contributed by atoms with Crippen LogP contribution in [0.4, 0.5) is 0 Å². The number of benzene rings is 1. The Labute approximate surface area is 116 Å². The van der Waals surface area contributed by atoms with Crippen LogP contribution in [0.1, 0.15) is 23.4 Å². The van der Waals surface area contributed by atoms with Crippen molar-refractivity contribution in [1.29, 1.82) is 0 Å². The molecule has 19 heavy (non-hydrogen) atoms. The molecule has 2 rings (SSSR count). The molecule has 0 fully saturated rings. The normalized spacial score (nSPS) is 12.1. The van der Waals surface area contributed by atoms with Crippen molar-refractivity contribution in [1.82, 2.24) is 10.3 Å². The lowest BCUT2D eigenvalue weighted by Gasteiger charge is -2.17. The molecule has 0 bridgehead atoms. The van der Waals surface area contributed by atoms with E-state index in [-0.39, 0.29) is 5.97 Å². The molecule has 1 heterocycles. The second-order valence-electron chi connectivity index (χ2n) is 3.94. The Morgan fingerprint density at radius 1 is 1.42 bits per heavy atom. The van der Waals surface area contributed by atoms with Gasteiger partial charge in [-0.2, -0.15) is 0 Å². The highest BCUT2D eigenvalue weighted by atomic mass is 32.1. The molecule has 1 aromatic carbocycles. The van der Waals surface area contributed by atoms with Crippen LogP contribution in [0.5, 0.6) is 0 Å². The van der Waals surface area contributed by atoms with Crippen molar-refractivity contribution < 1.29 is 9.53 Å². The van der Waals surface area contributed by atoms with Crippen LogP contribution >= 0.6 is 11.3 Å². The Morgan fingerprint density at radius 3 is 2.84 bits per heavy atom. The van der Waals surface area contributed by atoms with E-state index in [9.17, 15) is 4.79 Å². The summed E-state index contributed by atoms with van der Waals surface area (Å²) in [5, 5.41) is 3.22. The second-order valence-corrected chi connectivity index (χ2v) is 4.92. The summed E-state index contributed by atoms with van der Waals surface area (Å²) >= 11 is 1.56. The molecule has 0 aliphatic rings. The van der Waals surface area contributed by atoms with Gasteiger partial charge in [0.2, 0.25) is 0 Å². The lowest BCUT2D eigenvalue weighted by Crippen LogP contribution is -2.29. The van der Waals surface area contributed by atoms with Gasteiger partial charge < -0.3 is 4.74 Å². The first-order chi connectivity index (χ1) is 9.31. The molecule has 5 heteroatoms. The smallest absolute Gasteiger partial charge is 0.327 e. The molecule has 0 saturated carbocycles. The Hall–Kier alpha value is -1.72. The SMILES string of the molecule is CCOC(=O)C(NCc1cncs1)c1ccccc1. The van der Waals surface area contributed by atoms with E-state index in [2.05, 4.69) is 10.3 Å². The van der Waals surface area contributed by atoms with Gasteiger partial charge in [-0.25, -0.2) is 4.79 Å². The van der Waals surface area contributed by atoms with Crippen LogP contribution in [0, 0.1) is 0 Å². The van der Waals surface area contributed by atoms with E-state index in [4.69, 9.17) is 4.74 Å². The largest absolute Gasteiger partial charge is 0.465 e. The highest BCUT2D eigenvalue weighted by Crippen LogP contribution is 2.16. The third-order valence-corrected chi connectivity index (χ3v) is 3.40. The summed E-state index contributed by atoms with van der Waals surface area (Å²) in [7, 11) is 0. The maximum Gasteiger partial charge on any atom is 0.327 e. The molecule has 1 N–H and O–H groups in total. The summed E-state index contributed by atoms with van der Waals surface area (Å²) in [6.45, 7) is 2.79. The van der Waals surface area contributed by atoms with Crippen molar-refractivity contribution in [3.8, 4) is 0 Å². The molecule has 4 nitrogen and oxygen atoms in total. The first kappa shape index (κ1) is 13.7. The van der Waals surface area contributed by atoms with Crippen LogP contribution in [0.25, 0.3) is 0 Å². The fraction of sp³-hybridized carbons (Fsp3) is 0.286. The Bertz CT molecular complexity index is 499. The number of nitrogens with one attached hydrogen (secondary N) is 1. The van der Waals surface area contributed by atoms with E-state index in [1.807, 2.05) is 37.3 Å². The zero-order valence-electron chi connectivity index (χ0n) is 10.7. The number of aromatic nitrogens is 1. The lowest BCUT2D eigenvalue weighted by atomic mass is 10.1. The Morgan fingerprint density at radius 2 is 2.21 bits per heavy atom. The van der Waals surface area contributed by atoms with Crippen molar-refractivity contribution in [3.63, 3.8) is 0 Å². The van der Waals surface area contributed by atoms with E-state index >= 15 is 0 Å². The van der Waals surface area contributed by atoms with Crippen LogP contribution in [-0.4, -0.2) is 17.6 Å². The number of esters is 1. The molecule has 0 amide bonds. The standard InChI is InChI=1S/C14H16N2O2S/c1-2-18-14(17)13(11-6-4-3-5-7-11)16-9-12-8-15-10-19-12/h3-8,10,13,16H,2,9H2,1H3. The Kier molecular flexibility index (Phi) is 5.06. The molecule has 0 spiro atoms. The molecular formula is C14H16N2O2S. The van der Waals surface area contributed by atoms with Gasteiger partial charge in [0, 0.05) is 17.6 Å².